The minimum atomic E-state index is 0.519. The van der Waals surface area contributed by atoms with Crippen molar-refractivity contribution in [3.05, 3.63) is 41.0 Å². The zero-order valence-electron chi connectivity index (χ0n) is 14.8. The van der Waals surface area contributed by atoms with Gasteiger partial charge in [-0.2, -0.15) is 0 Å². The van der Waals surface area contributed by atoms with E-state index in [9.17, 15) is 0 Å². The molecule has 6 nitrogen and oxygen atoms in total. The van der Waals surface area contributed by atoms with Gasteiger partial charge < -0.3 is 9.64 Å². The first-order valence-electron chi connectivity index (χ1n) is 9.24. The standard InChI is InChI=1S/C19H20ClN5OS/c20-17-14(11-13-3-1-2-4-16(13)21-17)12-27-19-23-22-18(25(19)15-5-6-15)24-7-9-26-10-8-24/h1-4,11,15H,5-10,12H2. The molecule has 1 aliphatic heterocycles. The first kappa shape index (κ1) is 17.3. The number of halogens is 1. The Labute approximate surface area is 166 Å². The molecule has 0 amide bonds. The highest BCUT2D eigenvalue weighted by molar-refractivity contribution is 7.98. The van der Waals surface area contributed by atoms with E-state index in [-0.39, 0.29) is 0 Å². The molecule has 140 valence electrons. The first-order chi connectivity index (χ1) is 13.3. The minimum Gasteiger partial charge on any atom is -0.378 e. The van der Waals surface area contributed by atoms with Gasteiger partial charge in [-0.1, -0.05) is 41.6 Å². The number of nitrogens with zero attached hydrogens (tertiary/aromatic N) is 5. The van der Waals surface area contributed by atoms with Crippen LogP contribution in [0.2, 0.25) is 5.15 Å². The summed E-state index contributed by atoms with van der Waals surface area (Å²) in [5.41, 5.74) is 1.95. The van der Waals surface area contributed by atoms with E-state index in [0.717, 1.165) is 59.6 Å². The topological polar surface area (TPSA) is 56.1 Å². The number of morpholine rings is 1. The average Bonchev–Trinajstić information content (AvgIpc) is 3.46. The maximum Gasteiger partial charge on any atom is 0.228 e. The van der Waals surface area contributed by atoms with Crippen molar-refractivity contribution in [1.82, 2.24) is 19.7 Å². The van der Waals surface area contributed by atoms with E-state index in [2.05, 4.69) is 36.8 Å². The van der Waals surface area contributed by atoms with Crippen molar-refractivity contribution in [3.8, 4) is 0 Å². The second-order valence-corrected chi connectivity index (χ2v) is 8.20. The molecule has 3 aromatic rings. The molecule has 0 spiro atoms. The second-order valence-electron chi connectivity index (χ2n) is 6.90. The lowest BCUT2D eigenvalue weighted by Crippen LogP contribution is -2.38. The number of ether oxygens (including phenoxy) is 1. The maximum absolute atomic E-state index is 6.42. The van der Waals surface area contributed by atoms with Crippen molar-refractivity contribution in [2.75, 3.05) is 31.2 Å². The third-order valence-corrected chi connectivity index (χ3v) is 6.28. The van der Waals surface area contributed by atoms with Crippen molar-refractivity contribution < 1.29 is 4.74 Å². The van der Waals surface area contributed by atoms with Crippen molar-refractivity contribution >= 4 is 40.2 Å². The summed E-state index contributed by atoms with van der Waals surface area (Å²) in [6, 6.07) is 10.7. The van der Waals surface area contributed by atoms with Crippen LogP contribution in [0.15, 0.2) is 35.5 Å². The Bertz CT molecular complexity index is 968. The molecule has 0 atom stereocenters. The fourth-order valence-corrected chi connectivity index (χ4v) is 4.64. The predicted octanol–water partition coefficient (Wildman–Crippen LogP) is 3.94. The van der Waals surface area contributed by atoms with Crippen LogP contribution in [0.25, 0.3) is 10.9 Å². The lowest BCUT2D eigenvalue weighted by molar-refractivity contribution is 0.121. The second kappa shape index (κ2) is 7.30. The van der Waals surface area contributed by atoms with Crippen LogP contribution < -0.4 is 4.90 Å². The number of benzene rings is 1. The molecule has 0 radical (unpaired) electrons. The smallest absolute Gasteiger partial charge is 0.228 e. The fourth-order valence-electron chi connectivity index (χ4n) is 3.38. The highest BCUT2D eigenvalue weighted by Gasteiger charge is 2.32. The van der Waals surface area contributed by atoms with Crippen molar-refractivity contribution in [1.29, 1.82) is 0 Å². The molecule has 5 rings (SSSR count). The average molecular weight is 402 g/mol. The van der Waals surface area contributed by atoms with Crippen LogP contribution in [0.5, 0.6) is 0 Å². The highest BCUT2D eigenvalue weighted by Crippen LogP contribution is 2.41. The van der Waals surface area contributed by atoms with Crippen LogP contribution in [0.3, 0.4) is 0 Å². The Morgan fingerprint density at radius 3 is 2.78 bits per heavy atom. The van der Waals surface area contributed by atoms with Gasteiger partial charge in [0.05, 0.1) is 18.7 Å². The third kappa shape index (κ3) is 3.51. The third-order valence-electron chi connectivity index (χ3n) is 4.96. The van der Waals surface area contributed by atoms with Crippen LogP contribution in [-0.2, 0) is 10.5 Å². The monoisotopic (exact) mass is 401 g/mol. The molecule has 8 heteroatoms. The first-order valence-corrected chi connectivity index (χ1v) is 10.6. The fraction of sp³-hybridized carbons (Fsp3) is 0.421. The summed E-state index contributed by atoms with van der Waals surface area (Å²) < 4.78 is 7.78. The van der Waals surface area contributed by atoms with Gasteiger partial charge in [-0.25, -0.2) is 4.98 Å². The summed E-state index contributed by atoms with van der Waals surface area (Å²) in [7, 11) is 0. The Hall–Kier alpha value is -1.83. The molecule has 0 unspecified atom stereocenters. The van der Waals surface area contributed by atoms with Crippen LogP contribution >= 0.6 is 23.4 Å². The van der Waals surface area contributed by atoms with Crippen molar-refractivity contribution in [3.63, 3.8) is 0 Å². The number of fused-ring (bicyclic) bond motifs is 1. The molecule has 27 heavy (non-hydrogen) atoms. The molecule has 2 fully saturated rings. The number of thioether (sulfide) groups is 1. The number of hydrogen-bond acceptors (Lipinski definition) is 6. The molecule has 2 aromatic heterocycles. The molecule has 1 saturated carbocycles. The molecule has 0 bridgehead atoms. The van der Waals surface area contributed by atoms with Gasteiger partial charge in [-0.15, -0.1) is 10.2 Å². The van der Waals surface area contributed by atoms with Crippen molar-refractivity contribution in [2.45, 2.75) is 29.8 Å². The molecule has 1 aliphatic carbocycles. The van der Waals surface area contributed by atoms with Gasteiger partial charge in [0.2, 0.25) is 5.95 Å². The van der Waals surface area contributed by atoms with Gasteiger partial charge in [0, 0.05) is 35.8 Å². The van der Waals surface area contributed by atoms with E-state index in [1.807, 2.05) is 18.2 Å². The number of rotatable bonds is 5. The SMILES string of the molecule is Clc1nc2ccccc2cc1CSc1nnc(N2CCOCC2)n1C1CC1. The van der Waals surface area contributed by atoms with E-state index in [4.69, 9.17) is 16.3 Å². The van der Waals surface area contributed by atoms with Gasteiger partial charge in [0.25, 0.3) is 0 Å². The Kier molecular flexibility index (Phi) is 4.67. The number of para-hydroxylation sites is 1. The zero-order valence-corrected chi connectivity index (χ0v) is 16.4. The number of aromatic nitrogens is 4. The van der Waals surface area contributed by atoms with E-state index in [0.29, 0.717) is 11.2 Å². The van der Waals surface area contributed by atoms with Gasteiger partial charge in [0.1, 0.15) is 5.15 Å². The zero-order chi connectivity index (χ0) is 18.2. The summed E-state index contributed by atoms with van der Waals surface area (Å²) in [6.45, 7) is 3.24. The van der Waals surface area contributed by atoms with Crippen LogP contribution in [0.1, 0.15) is 24.4 Å². The number of hydrogen-bond donors (Lipinski definition) is 0. The largest absolute Gasteiger partial charge is 0.378 e. The van der Waals surface area contributed by atoms with Crippen LogP contribution in [-0.4, -0.2) is 46.1 Å². The summed E-state index contributed by atoms with van der Waals surface area (Å²) in [5, 5.41) is 11.6. The maximum atomic E-state index is 6.42. The van der Waals surface area contributed by atoms with Crippen LogP contribution in [0.4, 0.5) is 5.95 Å². The van der Waals surface area contributed by atoms with Crippen molar-refractivity contribution in [2.24, 2.45) is 0 Å². The van der Waals surface area contributed by atoms with Crippen LogP contribution in [0, 0.1) is 0 Å². The molecule has 3 heterocycles. The summed E-state index contributed by atoms with van der Waals surface area (Å²) in [5.74, 6) is 1.70. The van der Waals surface area contributed by atoms with E-state index >= 15 is 0 Å². The molecule has 0 N–H and O–H groups in total. The van der Waals surface area contributed by atoms with E-state index in [1.54, 1.807) is 11.8 Å². The van der Waals surface area contributed by atoms with Gasteiger partial charge in [0.15, 0.2) is 5.16 Å². The molecule has 1 aromatic carbocycles. The number of anilines is 1. The van der Waals surface area contributed by atoms with Gasteiger partial charge in [-0.05, 0) is 25.0 Å². The predicted molar refractivity (Wildman–Crippen MR) is 108 cm³/mol. The van der Waals surface area contributed by atoms with Gasteiger partial charge >= 0.3 is 0 Å². The summed E-state index contributed by atoms with van der Waals surface area (Å²) >= 11 is 8.10. The Balaban J connectivity index is 1.40. The lowest BCUT2D eigenvalue weighted by atomic mass is 10.2. The Morgan fingerprint density at radius 1 is 1.15 bits per heavy atom. The molecule has 2 aliphatic rings. The summed E-state index contributed by atoms with van der Waals surface area (Å²) in [6.07, 6.45) is 2.39. The Morgan fingerprint density at radius 2 is 1.96 bits per heavy atom. The quantitative estimate of drug-likeness (QED) is 0.476. The molecule has 1 saturated heterocycles. The van der Waals surface area contributed by atoms with E-state index < -0.39 is 0 Å². The van der Waals surface area contributed by atoms with Gasteiger partial charge in [-0.3, -0.25) is 4.57 Å². The number of pyridine rings is 1. The highest BCUT2D eigenvalue weighted by atomic mass is 35.5. The lowest BCUT2D eigenvalue weighted by Gasteiger charge is -2.27. The molecular formula is C19H20ClN5OS. The normalized spacial score (nSPS) is 17.6. The minimum absolute atomic E-state index is 0.519. The molecular weight excluding hydrogens is 382 g/mol. The van der Waals surface area contributed by atoms with E-state index in [1.165, 1.54) is 12.8 Å². The summed E-state index contributed by atoms with van der Waals surface area (Å²) in [4.78, 5) is 6.80.